The lowest BCUT2D eigenvalue weighted by Gasteiger charge is -2.13. The molecule has 0 amide bonds. The second-order valence-corrected chi connectivity index (χ2v) is 5.52. The maximum Gasteiger partial charge on any atom is 0.125 e. The maximum atomic E-state index is 13.2. The summed E-state index contributed by atoms with van der Waals surface area (Å²) in [6.45, 7) is 1.71. The highest BCUT2D eigenvalue weighted by atomic mass is 35.5. The molecule has 104 valence electrons. The molecule has 0 saturated heterocycles. The molecule has 1 heterocycles. The summed E-state index contributed by atoms with van der Waals surface area (Å²) < 4.78 is 13.2. The fourth-order valence-electron chi connectivity index (χ4n) is 2.56. The Kier molecular flexibility index (Phi) is 3.53. The van der Waals surface area contributed by atoms with Crippen molar-refractivity contribution >= 4 is 23.0 Å². The van der Waals surface area contributed by atoms with Crippen LogP contribution in [-0.2, 0) is 13.0 Å². The van der Waals surface area contributed by atoms with Crippen molar-refractivity contribution in [2.24, 2.45) is 0 Å². The minimum atomic E-state index is -0.285. The summed E-state index contributed by atoms with van der Waals surface area (Å²) in [5.74, 6) is -0.285. The summed E-state index contributed by atoms with van der Waals surface area (Å²) in [6, 6.07) is 10.8. The van der Waals surface area contributed by atoms with Gasteiger partial charge in [0.25, 0.3) is 0 Å². The van der Waals surface area contributed by atoms with Gasteiger partial charge in [0.15, 0.2) is 0 Å². The lowest BCUT2D eigenvalue weighted by atomic mass is 10.1. The number of hydrogen-bond donors (Lipinski definition) is 1. The largest absolute Gasteiger partial charge is 0.380 e. The Hall–Kier alpha value is -1.74. The molecule has 0 spiro atoms. The fourth-order valence-corrected chi connectivity index (χ4v) is 2.74. The predicted molar refractivity (Wildman–Crippen MR) is 82.2 cm³/mol. The summed E-state index contributed by atoms with van der Waals surface area (Å²) in [4.78, 5) is 2.26. The Morgan fingerprint density at radius 3 is 2.95 bits per heavy atom. The van der Waals surface area contributed by atoms with Crippen LogP contribution < -0.4 is 10.2 Å². The third-order valence-electron chi connectivity index (χ3n) is 3.68. The van der Waals surface area contributed by atoms with E-state index >= 15 is 0 Å². The van der Waals surface area contributed by atoms with Crippen LogP contribution in [0, 0.1) is 5.82 Å². The summed E-state index contributed by atoms with van der Waals surface area (Å²) in [6.07, 6.45) is 1.08. The highest BCUT2D eigenvalue weighted by Gasteiger charge is 2.15. The van der Waals surface area contributed by atoms with E-state index in [1.165, 1.54) is 28.9 Å². The van der Waals surface area contributed by atoms with Crippen LogP contribution in [-0.4, -0.2) is 13.6 Å². The SMILES string of the molecule is CN1CCc2cc(CNc3cc(F)ccc3Cl)ccc21. The van der Waals surface area contributed by atoms with E-state index in [1.807, 2.05) is 0 Å². The van der Waals surface area contributed by atoms with Crippen molar-refractivity contribution in [3.05, 3.63) is 58.4 Å². The number of nitrogens with one attached hydrogen (secondary N) is 1. The molecule has 4 heteroatoms. The molecule has 1 aliphatic rings. The van der Waals surface area contributed by atoms with Crippen LogP contribution in [0.1, 0.15) is 11.1 Å². The first-order valence-corrected chi connectivity index (χ1v) is 7.03. The van der Waals surface area contributed by atoms with Crippen molar-refractivity contribution in [2.75, 3.05) is 23.8 Å². The first-order valence-electron chi connectivity index (χ1n) is 6.65. The van der Waals surface area contributed by atoms with Crippen LogP contribution in [0.25, 0.3) is 0 Å². The molecule has 0 atom stereocenters. The zero-order valence-electron chi connectivity index (χ0n) is 11.3. The van der Waals surface area contributed by atoms with Crippen molar-refractivity contribution in [1.29, 1.82) is 0 Å². The molecule has 2 aromatic carbocycles. The highest BCUT2D eigenvalue weighted by Crippen LogP contribution is 2.28. The minimum Gasteiger partial charge on any atom is -0.380 e. The predicted octanol–water partition coefficient (Wildman–Crippen LogP) is 4.08. The molecule has 3 rings (SSSR count). The first kappa shape index (κ1) is 13.3. The van der Waals surface area contributed by atoms with Gasteiger partial charge in [-0.15, -0.1) is 0 Å². The van der Waals surface area contributed by atoms with Crippen molar-refractivity contribution in [3.8, 4) is 0 Å². The number of fused-ring (bicyclic) bond motifs is 1. The van der Waals surface area contributed by atoms with Crippen LogP contribution in [0.3, 0.4) is 0 Å². The van der Waals surface area contributed by atoms with Crippen LogP contribution >= 0.6 is 11.6 Å². The van der Waals surface area contributed by atoms with E-state index in [1.54, 1.807) is 6.07 Å². The molecule has 20 heavy (non-hydrogen) atoms. The number of rotatable bonds is 3. The van der Waals surface area contributed by atoms with Crippen molar-refractivity contribution in [2.45, 2.75) is 13.0 Å². The molecule has 0 fully saturated rings. The second-order valence-electron chi connectivity index (χ2n) is 5.11. The number of nitrogens with zero attached hydrogens (tertiary/aromatic N) is 1. The van der Waals surface area contributed by atoms with Gasteiger partial charge in [0, 0.05) is 25.8 Å². The minimum absolute atomic E-state index is 0.285. The van der Waals surface area contributed by atoms with Gasteiger partial charge in [-0.3, -0.25) is 0 Å². The van der Waals surface area contributed by atoms with E-state index in [4.69, 9.17) is 11.6 Å². The summed E-state index contributed by atoms with van der Waals surface area (Å²) in [5.41, 5.74) is 4.48. The Labute approximate surface area is 123 Å². The molecule has 0 saturated carbocycles. The van der Waals surface area contributed by atoms with E-state index in [0.717, 1.165) is 13.0 Å². The van der Waals surface area contributed by atoms with E-state index in [0.29, 0.717) is 17.3 Å². The molecule has 0 aromatic heterocycles. The highest BCUT2D eigenvalue weighted by molar-refractivity contribution is 6.33. The van der Waals surface area contributed by atoms with Gasteiger partial charge in [-0.1, -0.05) is 23.7 Å². The zero-order valence-corrected chi connectivity index (χ0v) is 12.0. The first-order chi connectivity index (χ1) is 9.63. The van der Waals surface area contributed by atoms with Crippen molar-refractivity contribution in [3.63, 3.8) is 0 Å². The second kappa shape index (κ2) is 5.33. The van der Waals surface area contributed by atoms with Gasteiger partial charge >= 0.3 is 0 Å². The molecule has 0 aliphatic carbocycles. The van der Waals surface area contributed by atoms with Gasteiger partial charge in [-0.25, -0.2) is 4.39 Å². The number of hydrogen-bond acceptors (Lipinski definition) is 2. The summed E-state index contributed by atoms with van der Waals surface area (Å²) >= 11 is 6.04. The van der Waals surface area contributed by atoms with Gasteiger partial charge in [0.05, 0.1) is 10.7 Å². The quantitative estimate of drug-likeness (QED) is 0.916. The molecular formula is C16H16ClFN2. The Morgan fingerprint density at radius 1 is 1.25 bits per heavy atom. The van der Waals surface area contributed by atoms with Crippen LogP contribution in [0.4, 0.5) is 15.8 Å². The smallest absolute Gasteiger partial charge is 0.125 e. The summed E-state index contributed by atoms with van der Waals surface area (Å²) in [5, 5.41) is 3.72. The number of benzene rings is 2. The lowest BCUT2D eigenvalue weighted by molar-refractivity contribution is 0.628. The average molecular weight is 291 g/mol. The van der Waals surface area contributed by atoms with Gasteiger partial charge in [-0.2, -0.15) is 0 Å². The third-order valence-corrected chi connectivity index (χ3v) is 4.01. The molecular weight excluding hydrogens is 275 g/mol. The number of halogens is 2. The van der Waals surface area contributed by atoms with Crippen molar-refractivity contribution in [1.82, 2.24) is 0 Å². The molecule has 1 aliphatic heterocycles. The Bertz CT molecular complexity index is 642. The summed E-state index contributed by atoms with van der Waals surface area (Å²) in [7, 11) is 2.11. The Balaban J connectivity index is 1.74. The molecule has 2 nitrogen and oxygen atoms in total. The van der Waals surface area contributed by atoms with E-state index < -0.39 is 0 Å². The molecule has 2 aromatic rings. The van der Waals surface area contributed by atoms with Gasteiger partial charge in [0.1, 0.15) is 5.82 Å². The van der Waals surface area contributed by atoms with E-state index in [2.05, 4.69) is 35.5 Å². The zero-order chi connectivity index (χ0) is 14.1. The normalized spacial score (nSPS) is 13.4. The molecule has 0 radical (unpaired) electrons. The number of likely N-dealkylation sites (N-methyl/N-ethyl adjacent to an activating group) is 1. The fraction of sp³-hybridized carbons (Fsp3) is 0.250. The maximum absolute atomic E-state index is 13.2. The molecule has 1 N–H and O–H groups in total. The van der Waals surface area contributed by atoms with E-state index in [9.17, 15) is 4.39 Å². The lowest BCUT2D eigenvalue weighted by Crippen LogP contribution is -2.12. The van der Waals surface area contributed by atoms with Crippen molar-refractivity contribution < 1.29 is 4.39 Å². The third kappa shape index (κ3) is 2.59. The van der Waals surface area contributed by atoms with Gasteiger partial charge < -0.3 is 10.2 Å². The van der Waals surface area contributed by atoms with Gasteiger partial charge in [0.2, 0.25) is 0 Å². The topological polar surface area (TPSA) is 15.3 Å². The average Bonchev–Trinajstić information content (AvgIpc) is 2.81. The monoisotopic (exact) mass is 290 g/mol. The van der Waals surface area contributed by atoms with Crippen LogP contribution in [0.15, 0.2) is 36.4 Å². The van der Waals surface area contributed by atoms with Crippen LogP contribution in [0.5, 0.6) is 0 Å². The standard InChI is InChI=1S/C16H16ClFN2/c1-20-7-6-12-8-11(2-5-16(12)20)10-19-15-9-13(18)3-4-14(15)17/h2-5,8-9,19H,6-7,10H2,1H3. The van der Waals surface area contributed by atoms with Crippen LogP contribution in [0.2, 0.25) is 5.02 Å². The van der Waals surface area contributed by atoms with Gasteiger partial charge in [-0.05, 0) is 41.8 Å². The molecule has 0 bridgehead atoms. The molecule has 0 unspecified atom stereocenters. The number of anilines is 2. The Morgan fingerprint density at radius 2 is 2.10 bits per heavy atom. The van der Waals surface area contributed by atoms with E-state index in [-0.39, 0.29) is 5.82 Å².